The van der Waals surface area contributed by atoms with Crippen LogP contribution in [0.1, 0.15) is 40.4 Å². The molecule has 5 nitrogen and oxygen atoms in total. The summed E-state index contributed by atoms with van der Waals surface area (Å²) in [5.74, 6) is 0.659. The molecule has 0 unspecified atom stereocenters. The average Bonchev–Trinajstić information content (AvgIpc) is 3.03. The smallest absolute Gasteiger partial charge is 0.338 e. The molecular formula is C25H25N2O3+. The van der Waals surface area contributed by atoms with Gasteiger partial charge in [0.25, 0.3) is 5.82 Å². The number of ether oxygens (including phenoxy) is 1. The third-order valence-electron chi connectivity index (χ3n) is 5.56. The second-order valence-corrected chi connectivity index (χ2v) is 7.25. The zero-order chi connectivity index (χ0) is 21.3. The van der Waals surface area contributed by atoms with Crippen molar-refractivity contribution in [3.05, 3.63) is 77.6 Å². The molecule has 0 fully saturated rings. The van der Waals surface area contributed by atoms with E-state index in [1.807, 2.05) is 66.1 Å². The predicted octanol–water partition coefficient (Wildman–Crippen LogP) is 4.47. The Hall–Kier alpha value is -3.47. The molecule has 1 heterocycles. The molecule has 0 spiro atoms. The number of aryl methyl sites for hydroxylation is 1. The number of nitrogens with zero attached hydrogens (tertiary/aromatic N) is 2. The van der Waals surface area contributed by atoms with Gasteiger partial charge in [0.15, 0.2) is 17.6 Å². The Morgan fingerprint density at radius 1 is 1.00 bits per heavy atom. The maximum Gasteiger partial charge on any atom is 0.338 e. The van der Waals surface area contributed by atoms with E-state index < -0.39 is 0 Å². The Morgan fingerprint density at radius 2 is 1.77 bits per heavy atom. The highest BCUT2D eigenvalue weighted by Crippen LogP contribution is 2.22. The van der Waals surface area contributed by atoms with Crippen molar-refractivity contribution in [2.75, 3.05) is 6.61 Å². The number of aromatic nitrogens is 2. The van der Waals surface area contributed by atoms with Crippen LogP contribution in [-0.4, -0.2) is 22.9 Å². The number of esters is 1. The summed E-state index contributed by atoms with van der Waals surface area (Å²) >= 11 is 0. The lowest BCUT2D eigenvalue weighted by atomic mass is 10.0. The molecule has 4 rings (SSSR count). The van der Waals surface area contributed by atoms with Crippen LogP contribution in [0.5, 0.6) is 0 Å². The fourth-order valence-corrected chi connectivity index (χ4v) is 4.10. The van der Waals surface area contributed by atoms with Gasteiger partial charge in [-0.05, 0) is 36.8 Å². The minimum atomic E-state index is -0.353. The van der Waals surface area contributed by atoms with E-state index in [1.54, 1.807) is 13.0 Å². The van der Waals surface area contributed by atoms with Crippen LogP contribution in [0.25, 0.3) is 21.8 Å². The lowest BCUT2D eigenvalue weighted by molar-refractivity contribution is -0.674. The topological polar surface area (TPSA) is 52.2 Å². The van der Waals surface area contributed by atoms with Gasteiger partial charge in [0.2, 0.25) is 5.78 Å². The average molecular weight is 401 g/mol. The van der Waals surface area contributed by atoms with Gasteiger partial charge in [-0.1, -0.05) is 42.5 Å². The first-order valence-corrected chi connectivity index (χ1v) is 10.3. The van der Waals surface area contributed by atoms with Crippen LogP contribution in [0.2, 0.25) is 0 Å². The molecule has 5 heteroatoms. The molecule has 0 aliphatic carbocycles. The molecule has 0 atom stereocenters. The number of carbonyl (C=O) groups excluding carboxylic acids is 2. The van der Waals surface area contributed by atoms with Crippen LogP contribution in [0, 0.1) is 6.92 Å². The highest BCUT2D eigenvalue weighted by Gasteiger charge is 2.25. The quantitative estimate of drug-likeness (QED) is 0.272. The Kier molecular flexibility index (Phi) is 5.36. The summed E-state index contributed by atoms with van der Waals surface area (Å²) in [4.78, 5) is 25.6. The molecule has 0 amide bonds. The van der Waals surface area contributed by atoms with E-state index in [0.717, 1.165) is 34.2 Å². The van der Waals surface area contributed by atoms with Gasteiger partial charge in [0, 0.05) is 18.6 Å². The van der Waals surface area contributed by atoms with Crippen LogP contribution >= 0.6 is 0 Å². The van der Waals surface area contributed by atoms with Crippen molar-refractivity contribution in [1.29, 1.82) is 0 Å². The minimum absolute atomic E-state index is 0.0385. The fourth-order valence-electron chi connectivity index (χ4n) is 4.10. The van der Waals surface area contributed by atoms with E-state index in [9.17, 15) is 9.59 Å². The van der Waals surface area contributed by atoms with Gasteiger partial charge in [-0.15, -0.1) is 0 Å². The highest BCUT2D eigenvalue weighted by molar-refractivity contribution is 6.08. The van der Waals surface area contributed by atoms with Gasteiger partial charge in [0.05, 0.1) is 18.7 Å². The molecule has 30 heavy (non-hydrogen) atoms. The molecule has 0 N–H and O–H groups in total. The number of fused-ring (bicyclic) bond motifs is 2. The summed E-state index contributed by atoms with van der Waals surface area (Å²) in [6, 6.07) is 19.3. The van der Waals surface area contributed by atoms with E-state index >= 15 is 0 Å². The van der Waals surface area contributed by atoms with Crippen molar-refractivity contribution in [3.63, 3.8) is 0 Å². The van der Waals surface area contributed by atoms with Crippen molar-refractivity contribution in [2.45, 2.75) is 33.9 Å². The number of Topliss-reactive ketones (excluding diaryl/α,β-unsaturated/α-hetero) is 1. The lowest BCUT2D eigenvalue weighted by Crippen LogP contribution is -2.35. The highest BCUT2D eigenvalue weighted by atomic mass is 16.5. The molecule has 3 aromatic carbocycles. The number of rotatable bonds is 6. The first-order valence-electron chi connectivity index (χ1n) is 10.3. The molecule has 0 bridgehead atoms. The minimum Gasteiger partial charge on any atom is -0.462 e. The number of hydrogen-bond acceptors (Lipinski definition) is 3. The summed E-state index contributed by atoms with van der Waals surface area (Å²) < 4.78 is 9.30. The Morgan fingerprint density at radius 3 is 2.53 bits per heavy atom. The molecule has 4 aromatic rings. The summed E-state index contributed by atoms with van der Waals surface area (Å²) in [5, 5.41) is 2.00. The van der Waals surface area contributed by atoms with Gasteiger partial charge < -0.3 is 4.74 Å². The Balaban J connectivity index is 1.81. The second kappa shape index (κ2) is 8.11. The number of imidazole rings is 1. The van der Waals surface area contributed by atoms with Gasteiger partial charge in [-0.2, -0.15) is 0 Å². The molecule has 0 saturated heterocycles. The van der Waals surface area contributed by atoms with Crippen LogP contribution in [0.15, 0.2) is 60.7 Å². The van der Waals surface area contributed by atoms with Crippen LogP contribution in [0.3, 0.4) is 0 Å². The molecule has 0 saturated carbocycles. The summed E-state index contributed by atoms with van der Waals surface area (Å²) in [5.41, 5.74) is 3.05. The fraction of sp³-hybridized carbons (Fsp3) is 0.240. The van der Waals surface area contributed by atoms with Crippen molar-refractivity contribution >= 4 is 33.6 Å². The predicted molar refractivity (Wildman–Crippen MR) is 117 cm³/mol. The number of benzene rings is 3. The van der Waals surface area contributed by atoms with Crippen molar-refractivity contribution in [3.8, 4) is 0 Å². The largest absolute Gasteiger partial charge is 0.462 e. The van der Waals surface area contributed by atoms with E-state index in [0.29, 0.717) is 17.7 Å². The maximum atomic E-state index is 13.3. The normalized spacial score (nSPS) is 11.2. The Bertz CT molecular complexity index is 1270. The van der Waals surface area contributed by atoms with E-state index in [2.05, 4.69) is 11.5 Å². The number of carbonyl (C=O) groups is 2. The third-order valence-corrected chi connectivity index (χ3v) is 5.56. The Labute approximate surface area is 175 Å². The van der Waals surface area contributed by atoms with Gasteiger partial charge in [-0.3, -0.25) is 4.79 Å². The first kappa shape index (κ1) is 19.8. The molecule has 0 aliphatic rings. The maximum absolute atomic E-state index is 13.3. The van der Waals surface area contributed by atoms with Crippen molar-refractivity contribution < 1.29 is 18.9 Å². The number of hydrogen-bond donors (Lipinski definition) is 0. The van der Waals surface area contributed by atoms with E-state index in [1.165, 1.54) is 0 Å². The monoisotopic (exact) mass is 401 g/mol. The second-order valence-electron chi connectivity index (χ2n) is 7.25. The molecule has 0 aliphatic heterocycles. The SMILES string of the molecule is CCOC(=O)c1ccc2c(c1)n(CC(=O)c1cccc3ccccc13)c(C)[n+]2CC. The van der Waals surface area contributed by atoms with E-state index in [4.69, 9.17) is 4.74 Å². The van der Waals surface area contributed by atoms with Crippen LogP contribution < -0.4 is 4.57 Å². The summed E-state index contributed by atoms with van der Waals surface area (Å²) in [6.07, 6.45) is 0. The zero-order valence-electron chi connectivity index (χ0n) is 17.5. The molecule has 1 aromatic heterocycles. The lowest BCUT2D eigenvalue weighted by Gasteiger charge is -2.06. The third kappa shape index (κ3) is 3.36. The summed E-state index contributed by atoms with van der Waals surface area (Å²) in [6.45, 7) is 7.17. The van der Waals surface area contributed by atoms with Crippen LogP contribution in [-0.2, 0) is 17.8 Å². The molecule has 0 radical (unpaired) electrons. The number of ketones is 1. The molecule has 152 valence electrons. The zero-order valence-corrected chi connectivity index (χ0v) is 17.5. The molecular weight excluding hydrogens is 376 g/mol. The van der Waals surface area contributed by atoms with Gasteiger partial charge in [0.1, 0.15) is 0 Å². The summed E-state index contributed by atoms with van der Waals surface area (Å²) in [7, 11) is 0. The standard InChI is InChI=1S/C25H25N2O3/c1-4-26-17(3)27(23-15-19(13-14-22(23)26)25(29)30-5-2)16-24(28)21-12-8-10-18-9-6-7-11-20(18)21/h6-15H,4-5,16H2,1-3H3/q+1. The first-order chi connectivity index (χ1) is 14.5. The van der Waals surface area contributed by atoms with Crippen LogP contribution in [0.4, 0.5) is 0 Å². The van der Waals surface area contributed by atoms with E-state index in [-0.39, 0.29) is 18.3 Å². The van der Waals surface area contributed by atoms with Gasteiger partial charge in [-0.25, -0.2) is 13.9 Å². The van der Waals surface area contributed by atoms with Crippen molar-refractivity contribution in [1.82, 2.24) is 4.57 Å². The van der Waals surface area contributed by atoms with Gasteiger partial charge >= 0.3 is 5.97 Å². The van der Waals surface area contributed by atoms with Crippen molar-refractivity contribution in [2.24, 2.45) is 0 Å².